The van der Waals surface area contributed by atoms with E-state index in [1.807, 2.05) is 11.3 Å². The number of benzene rings is 10. The summed E-state index contributed by atoms with van der Waals surface area (Å²) in [5.74, 6) is 0. The zero-order chi connectivity index (χ0) is 35.6. The highest BCUT2D eigenvalue weighted by molar-refractivity contribution is 7.26. The van der Waals surface area contributed by atoms with Crippen LogP contribution in [0.5, 0.6) is 0 Å². The molecule has 0 spiro atoms. The van der Waals surface area contributed by atoms with Crippen molar-refractivity contribution in [2.24, 2.45) is 0 Å². The minimum atomic E-state index is 1.13. The third-order valence-electron chi connectivity index (χ3n) is 11.0. The fourth-order valence-electron chi connectivity index (χ4n) is 8.37. The van der Waals surface area contributed by atoms with Crippen LogP contribution >= 0.6 is 11.3 Å². The summed E-state index contributed by atoms with van der Waals surface area (Å²) in [4.78, 5) is 2.45. The minimum Gasteiger partial charge on any atom is -0.310 e. The first-order chi connectivity index (χ1) is 26.7. The van der Waals surface area contributed by atoms with Crippen molar-refractivity contribution in [3.8, 4) is 22.3 Å². The maximum Gasteiger partial charge on any atom is 0.0554 e. The van der Waals surface area contributed by atoms with Gasteiger partial charge >= 0.3 is 0 Å². The lowest BCUT2D eigenvalue weighted by Crippen LogP contribution is -2.10. The normalized spacial score (nSPS) is 11.7. The third kappa shape index (κ3) is 5.07. The van der Waals surface area contributed by atoms with Crippen LogP contribution in [-0.2, 0) is 0 Å². The van der Waals surface area contributed by atoms with Crippen molar-refractivity contribution in [2.75, 3.05) is 4.90 Å². The zero-order valence-corrected chi connectivity index (χ0v) is 30.2. The Balaban J connectivity index is 1.09. The second-order valence-electron chi connectivity index (χ2n) is 14.1. The first kappa shape index (κ1) is 30.8. The molecule has 0 radical (unpaired) electrons. The summed E-state index contributed by atoms with van der Waals surface area (Å²) in [7, 11) is 0. The minimum absolute atomic E-state index is 1.13. The first-order valence-corrected chi connectivity index (χ1v) is 19.3. The monoisotopic (exact) mass is 703 g/mol. The van der Waals surface area contributed by atoms with Gasteiger partial charge in [-0.3, -0.25) is 0 Å². The van der Waals surface area contributed by atoms with Gasteiger partial charge in [-0.05, 0) is 126 Å². The van der Waals surface area contributed by atoms with E-state index in [1.54, 1.807) is 0 Å². The van der Waals surface area contributed by atoms with E-state index in [0.29, 0.717) is 0 Å². The molecule has 252 valence electrons. The predicted molar refractivity (Wildman–Crippen MR) is 235 cm³/mol. The maximum atomic E-state index is 2.45. The van der Waals surface area contributed by atoms with Gasteiger partial charge in [0.25, 0.3) is 0 Å². The SMILES string of the molecule is c1ccc(-c2ccc(N(c3ccc4cc(-c5cc6ccccc6c6ccccc56)ccc4c3)c3cccc4sc5cc6ccccc6cc5c34)cc2)cc1. The Hall–Kier alpha value is -6.74. The summed E-state index contributed by atoms with van der Waals surface area (Å²) in [6, 6.07) is 73.6. The van der Waals surface area contributed by atoms with Crippen LogP contribution in [0.3, 0.4) is 0 Å². The molecule has 0 aliphatic heterocycles. The zero-order valence-electron chi connectivity index (χ0n) is 29.4. The summed E-state index contributed by atoms with van der Waals surface area (Å²) in [5, 5.41) is 12.7. The average Bonchev–Trinajstić information content (AvgIpc) is 3.61. The number of hydrogen-bond donors (Lipinski definition) is 0. The molecule has 0 amide bonds. The highest BCUT2D eigenvalue weighted by Crippen LogP contribution is 2.46. The molecule has 1 nitrogen and oxygen atoms in total. The third-order valence-corrected chi connectivity index (χ3v) is 12.1. The van der Waals surface area contributed by atoms with Gasteiger partial charge < -0.3 is 4.90 Å². The smallest absolute Gasteiger partial charge is 0.0554 e. The molecular weight excluding hydrogens is 671 g/mol. The molecule has 0 bridgehead atoms. The van der Waals surface area contributed by atoms with E-state index in [0.717, 1.165) is 11.4 Å². The van der Waals surface area contributed by atoms with Crippen LogP contribution in [0.4, 0.5) is 17.1 Å². The van der Waals surface area contributed by atoms with Gasteiger partial charge in [-0.15, -0.1) is 11.3 Å². The molecule has 0 atom stereocenters. The Kier molecular flexibility index (Phi) is 7.11. The highest BCUT2D eigenvalue weighted by Gasteiger charge is 2.20. The standard InChI is InChI=1S/C52H33NS/c1-2-11-34(12-3-1)35-23-26-42(27-24-35)53(49-19-10-20-50-52(49)48-31-36-13-4-5-14-37(36)33-51(48)54-50)43-28-25-38-29-41(22-21-39(38)30-43)47-32-40-15-6-7-16-44(40)45-17-8-9-18-46(45)47/h1-33H. The van der Waals surface area contributed by atoms with E-state index in [1.165, 1.54) is 91.2 Å². The Morgan fingerprint density at radius 1 is 0.315 bits per heavy atom. The quantitative estimate of drug-likeness (QED) is 0.161. The van der Waals surface area contributed by atoms with E-state index in [2.05, 4.69) is 205 Å². The van der Waals surface area contributed by atoms with Crippen molar-refractivity contribution >= 4 is 91.7 Å². The van der Waals surface area contributed by atoms with Crippen molar-refractivity contribution in [3.05, 3.63) is 200 Å². The second kappa shape index (κ2) is 12.4. The van der Waals surface area contributed by atoms with Gasteiger partial charge in [0.15, 0.2) is 0 Å². The summed E-state index contributed by atoms with van der Waals surface area (Å²) in [6.07, 6.45) is 0. The molecule has 1 aromatic heterocycles. The van der Waals surface area contributed by atoms with Crippen LogP contribution in [0.1, 0.15) is 0 Å². The molecule has 1 heterocycles. The van der Waals surface area contributed by atoms with Crippen molar-refractivity contribution in [2.45, 2.75) is 0 Å². The number of anilines is 3. The van der Waals surface area contributed by atoms with E-state index in [4.69, 9.17) is 0 Å². The first-order valence-electron chi connectivity index (χ1n) is 18.5. The van der Waals surface area contributed by atoms with Crippen molar-refractivity contribution < 1.29 is 0 Å². The Labute approximate surface area is 317 Å². The van der Waals surface area contributed by atoms with Crippen LogP contribution in [-0.4, -0.2) is 0 Å². The van der Waals surface area contributed by atoms with E-state index in [9.17, 15) is 0 Å². The molecule has 11 rings (SSSR count). The Morgan fingerprint density at radius 3 is 1.76 bits per heavy atom. The van der Waals surface area contributed by atoms with E-state index in [-0.39, 0.29) is 0 Å². The lowest BCUT2D eigenvalue weighted by molar-refractivity contribution is 1.31. The van der Waals surface area contributed by atoms with Crippen LogP contribution < -0.4 is 4.90 Å². The topological polar surface area (TPSA) is 3.24 Å². The summed E-state index contributed by atoms with van der Waals surface area (Å²) < 4.78 is 2.60. The maximum absolute atomic E-state index is 2.45. The van der Waals surface area contributed by atoms with E-state index >= 15 is 0 Å². The van der Waals surface area contributed by atoms with Gasteiger partial charge in [0.1, 0.15) is 0 Å². The summed E-state index contributed by atoms with van der Waals surface area (Å²) >= 11 is 1.87. The fourth-order valence-corrected chi connectivity index (χ4v) is 9.53. The van der Waals surface area contributed by atoms with Gasteiger partial charge in [0.2, 0.25) is 0 Å². The number of thiophene rings is 1. The van der Waals surface area contributed by atoms with Gasteiger partial charge in [-0.1, -0.05) is 140 Å². The van der Waals surface area contributed by atoms with Crippen LogP contribution in [0.15, 0.2) is 200 Å². The molecule has 0 saturated heterocycles. The molecule has 0 aliphatic rings. The average molecular weight is 704 g/mol. The highest BCUT2D eigenvalue weighted by atomic mass is 32.1. The lowest BCUT2D eigenvalue weighted by Gasteiger charge is -2.27. The molecule has 10 aromatic carbocycles. The van der Waals surface area contributed by atoms with E-state index < -0.39 is 0 Å². The molecule has 0 unspecified atom stereocenters. The molecule has 0 aliphatic carbocycles. The number of hydrogen-bond acceptors (Lipinski definition) is 2. The molecule has 0 fully saturated rings. The Morgan fingerprint density at radius 2 is 0.926 bits per heavy atom. The number of nitrogens with zero attached hydrogens (tertiary/aromatic N) is 1. The van der Waals surface area contributed by atoms with Gasteiger partial charge in [-0.2, -0.15) is 0 Å². The van der Waals surface area contributed by atoms with Gasteiger partial charge in [-0.25, -0.2) is 0 Å². The van der Waals surface area contributed by atoms with Crippen LogP contribution in [0, 0.1) is 0 Å². The molecule has 54 heavy (non-hydrogen) atoms. The number of rotatable bonds is 5. The fraction of sp³-hybridized carbons (Fsp3) is 0. The second-order valence-corrected chi connectivity index (χ2v) is 15.2. The van der Waals surface area contributed by atoms with Crippen LogP contribution in [0.2, 0.25) is 0 Å². The number of fused-ring (bicyclic) bond motifs is 8. The molecule has 2 heteroatoms. The predicted octanol–water partition coefficient (Wildman–Crippen LogP) is 15.5. The van der Waals surface area contributed by atoms with Crippen molar-refractivity contribution in [3.63, 3.8) is 0 Å². The summed E-state index contributed by atoms with van der Waals surface area (Å²) in [6.45, 7) is 0. The summed E-state index contributed by atoms with van der Waals surface area (Å²) in [5.41, 5.74) is 8.35. The Bertz CT molecular complexity index is 3210. The van der Waals surface area contributed by atoms with Crippen molar-refractivity contribution in [1.29, 1.82) is 0 Å². The largest absolute Gasteiger partial charge is 0.310 e. The molecule has 0 saturated carbocycles. The van der Waals surface area contributed by atoms with Crippen LogP contribution in [0.25, 0.3) is 85.5 Å². The van der Waals surface area contributed by atoms with Gasteiger partial charge in [0, 0.05) is 31.5 Å². The molecular formula is C52H33NS. The van der Waals surface area contributed by atoms with Crippen molar-refractivity contribution in [1.82, 2.24) is 0 Å². The lowest BCUT2D eigenvalue weighted by atomic mass is 9.92. The molecule has 0 N–H and O–H groups in total. The molecule has 11 aromatic rings. The van der Waals surface area contributed by atoms with Gasteiger partial charge in [0.05, 0.1) is 5.69 Å².